The maximum atomic E-state index is 13.7. The van der Waals surface area contributed by atoms with Gasteiger partial charge in [0.1, 0.15) is 18.2 Å². The fourth-order valence-corrected chi connectivity index (χ4v) is 3.08. The number of hydrogen-bond acceptors (Lipinski definition) is 7. The zero-order valence-corrected chi connectivity index (χ0v) is 15.3. The van der Waals surface area contributed by atoms with E-state index in [2.05, 4.69) is 20.3 Å². The fraction of sp³-hybridized carbons (Fsp3) is 0.0952. The van der Waals surface area contributed by atoms with E-state index in [0.717, 1.165) is 5.56 Å². The summed E-state index contributed by atoms with van der Waals surface area (Å²) < 4.78 is 13.7. The molecule has 2 N–H and O–H groups in total. The molecule has 0 fully saturated rings. The third-order valence-corrected chi connectivity index (χ3v) is 4.45. The van der Waals surface area contributed by atoms with Gasteiger partial charge >= 0.3 is 0 Å². The van der Waals surface area contributed by atoms with Gasteiger partial charge in [-0.2, -0.15) is 5.26 Å². The molecule has 29 heavy (non-hydrogen) atoms. The van der Waals surface area contributed by atoms with E-state index in [1.165, 1.54) is 18.5 Å². The molecular formula is C21H15FN6O. The van der Waals surface area contributed by atoms with Crippen molar-refractivity contribution in [1.82, 2.24) is 19.9 Å². The van der Waals surface area contributed by atoms with Crippen LogP contribution in [0.4, 0.5) is 10.2 Å². The van der Waals surface area contributed by atoms with Gasteiger partial charge in [-0.05, 0) is 43.3 Å². The molecular weight excluding hydrogens is 371 g/mol. The minimum Gasteiger partial charge on any atom is -0.492 e. The summed E-state index contributed by atoms with van der Waals surface area (Å²) in [5.41, 5.74) is 2.62. The minimum atomic E-state index is -0.400. The molecule has 4 aromatic rings. The van der Waals surface area contributed by atoms with E-state index in [0.29, 0.717) is 22.3 Å². The van der Waals surface area contributed by atoms with Crippen molar-refractivity contribution in [1.29, 1.82) is 5.26 Å². The molecule has 0 aliphatic carbocycles. The number of benzene rings is 1. The molecule has 1 aromatic carbocycles. The van der Waals surface area contributed by atoms with E-state index < -0.39 is 11.9 Å². The Balaban J connectivity index is 1.85. The first-order valence-corrected chi connectivity index (χ1v) is 8.79. The largest absolute Gasteiger partial charge is 0.492 e. The van der Waals surface area contributed by atoms with Crippen LogP contribution in [0.1, 0.15) is 24.2 Å². The molecule has 3 heterocycles. The van der Waals surface area contributed by atoms with Crippen molar-refractivity contribution < 1.29 is 9.50 Å². The molecule has 0 aliphatic heterocycles. The van der Waals surface area contributed by atoms with Crippen molar-refractivity contribution in [3.8, 4) is 23.2 Å². The van der Waals surface area contributed by atoms with Gasteiger partial charge in [0.2, 0.25) is 5.88 Å². The second kappa shape index (κ2) is 7.48. The summed E-state index contributed by atoms with van der Waals surface area (Å²) in [6.45, 7) is 1.85. The Morgan fingerprint density at radius 2 is 2.00 bits per heavy atom. The van der Waals surface area contributed by atoms with Gasteiger partial charge in [0.05, 0.1) is 22.9 Å². The van der Waals surface area contributed by atoms with E-state index in [4.69, 9.17) is 4.98 Å². The van der Waals surface area contributed by atoms with Gasteiger partial charge in [-0.3, -0.25) is 4.98 Å². The maximum Gasteiger partial charge on any atom is 0.234 e. The molecule has 7 nitrogen and oxygen atoms in total. The molecule has 0 saturated carbocycles. The lowest BCUT2D eigenvalue weighted by atomic mass is 10.0. The van der Waals surface area contributed by atoms with Crippen LogP contribution in [0.15, 0.2) is 55.0 Å². The van der Waals surface area contributed by atoms with Gasteiger partial charge in [0.25, 0.3) is 0 Å². The standard InChI is InChI=1S/C21H15FN6O/c1-12(27-20-16(10-23)21(29)26-11-25-20)19-15(18-4-2-3-7-24-18)9-13-8-14(22)5-6-17(13)28-19/h2-9,11-12H,1H3,(H2,25,26,27,29). The Bertz CT molecular complexity index is 1240. The summed E-state index contributed by atoms with van der Waals surface area (Å²) in [6.07, 6.45) is 2.84. The van der Waals surface area contributed by atoms with Crippen LogP contribution in [0.25, 0.3) is 22.2 Å². The number of fused-ring (bicyclic) bond motifs is 1. The molecule has 0 radical (unpaired) electrons. The predicted molar refractivity (Wildman–Crippen MR) is 105 cm³/mol. The smallest absolute Gasteiger partial charge is 0.234 e. The quantitative estimate of drug-likeness (QED) is 0.546. The lowest BCUT2D eigenvalue weighted by Gasteiger charge is -2.19. The van der Waals surface area contributed by atoms with Crippen molar-refractivity contribution >= 4 is 16.7 Å². The SMILES string of the molecule is CC(Nc1ncnc(O)c1C#N)c1nc2ccc(F)cc2cc1-c1ccccn1. The van der Waals surface area contributed by atoms with E-state index >= 15 is 0 Å². The Kier molecular flexibility index (Phi) is 4.71. The van der Waals surface area contributed by atoms with Gasteiger partial charge in [-0.25, -0.2) is 19.3 Å². The maximum absolute atomic E-state index is 13.7. The number of nitrogens with one attached hydrogen (secondary N) is 1. The van der Waals surface area contributed by atoms with E-state index in [1.54, 1.807) is 12.3 Å². The van der Waals surface area contributed by atoms with E-state index in [9.17, 15) is 14.8 Å². The van der Waals surface area contributed by atoms with Gasteiger partial charge in [0.15, 0.2) is 11.4 Å². The molecule has 0 bridgehead atoms. The average Bonchev–Trinajstić information content (AvgIpc) is 2.73. The number of hydrogen-bond donors (Lipinski definition) is 2. The van der Waals surface area contributed by atoms with E-state index in [-0.39, 0.29) is 17.2 Å². The topological polar surface area (TPSA) is 108 Å². The van der Waals surface area contributed by atoms with E-state index in [1.807, 2.05) is 37.3 Å². The van der Waals surface area contributed by atoms with Crippen molar-refractivity contribution in [3.05, 3.63) is 72.1 Å². The highest BCUT2D eigenvalue weighted by molar-refractivity contribution is 5.84. The zero-order valence-electron chi connectivity index (χ0n) is 15.3. The average molecular weight is 386 g/mol. The summed E-state index contributed by atoms with van der Waals surface area (Å²) in [5.74, 6) is -0.551. The highest BCUT2D eigenvalue weighted by Gasteiger charge is 2.19. The summed E-state index contributed by atoms with van der Waals surface area (Å²) >= 11 is 0. The van der Waals surface area contributed by atoms with Gasteiger partial charge in [0, 0.05) is 17.1 Å². The molecule has 8 heteroatoms. The zero-order chi connectivity index (χ0) is 20.4. The van der Waals surface area contributed by atoms with Crippen LogP contribution < -0.4 is 5.32 Å². The second-order valence-electron chi connectivity index (χ2n) is 6.37. The number of rotatable bonds is 4. The Morgan fingerprint density at radius 3 is 2.76 bits per heavy atom. The van der Waals surface area contributed by atoms with Crippen LogP contribution >= 0.6 is 0 Å². The number of halogens is 1. The first-order valence-electron chi connectivity index (χ1n) is 8.79. The van der Waals surface area contributed by atoms with Crippen LogP contribution in [-0.2, 0) is 0 Å². The van der Waals surface area contributed by atoms with Gasteiger partial charge < -0.3 is 10.4 Å². The third-order valence-electron chi connectivity index (χ3n) is 4.45. The predicted octanol–water partition coefficient (Wildman–Crippen LogP) is 3.98. The number of nitrogens with zero attached hydrogens (tertiary/aromatic N) is 5. The lowest BCUT2D eigenvalue weighted by molar-refractivity contribution is 0.450. The normalized spacial score (nSPS) is 11.8. The highest BCUT2D eigenvalue weighted by atomic mass is 19.1. The van der Waals surface area contributed by atoms with Crippen molar-refractivity contribution in [3.63, 3.8) is 0 Å². The lowest BCUT2D eigenvalue weighted by Crippen LogP contribution is -2.13. The minimum absolute atomic E-state index is 0.0541. The monoisotopic (exact) mass is 386 g/mol. The Morgan fingerprint density at radius 1 is 1.14 bits per heavy atom. The molecule has 0 aliphatic rings. The number of aromatic hydroxyl groups is 1. The Hall–Kier alpha value is -4.12. The molecule has 4 rings (SSSR count). The summed E-state index contributed by atoms with van der Waals surface area (Å²) in [5, 5.41) is 22.9. The third kappa shape index (κ3) is 3.53. The fourth-order valence-electron chi connectivity index (χ4n) is 3.08. The van der Waals surface area contributed by atoms with Crippen LogP contribution in [0.3, 0.4) is 0 Å². The first kappa shape index (κ1) is 18.3. The van der Waals surface area contributed by atoms with Crippen LogP contribution in [0.2, 0.25) is 0 Å². The Labute approximate surface area is 165 Å². The number of pyridine rings is 2. The molecule has 0 spiro atoms. The molecule has 0 saturated heterocycles. The molecule has 142 valence electrons. The first-order chi connectivity index (χ1) is 14.1. The highest BCUT2D eigenvalue weighted by Crippen LogP contribution is 2.32. The van der Waals surface area contributed by atoms with Crippen molar-refractivity contribution in [2.24, 2.45) is 0 Å². The second-order valence-corrected chi connectivity index (χ2v) is 6.37. The van der Waals surface area contributed by atoms with Crippen molar-refractivity contribution in [2.75, 3.05) is 5.32 Å². The van der Waals surface area contributed by atoms with Crippen molar-refractivity contribution in [2.45, 2.75) is 13.0 Å². The molecule has 0 amide bonds. The van der Waals surface area contributed by atoms with Crippen LogP contribution in [0, 0.1) is 17.1 Å². The summed E-state index contributed by atoms with van der Waals surface area (Å²) in [7, 11) is 0. The molecule has 1 unspecified atom stereocenters. The molecule has 1 atom stereocenters. The summed E-state index contributed by atoms with van der Waals surface area (Å²) in [6, 6.07) is 13.2. The van der Waals surface area contributed by atoms with Gasteiger partial charge in [-0.15, -0.1) is 0 Å². The number of nitriles is 1. The number of anilines is 1. The van der Waals surface area contributed by atoms with Crippen LogP contribution in [-0.4, -0.2) is 25.0 Å². The molecule has 3 aromatic heterocycles. The summed E-state index contributed by atoms with van der Waals surface area (Å²) in [4.78, 5) is 16.8. The number of aromatic nitrogens is 4. The van der Waals surface area contributed by atoms with Crippen LogP contribution in [0.5, 0.6) is 5.88 Å². The van der Waals surface area contributed by atoms with Gasteiger partial charge in [-0.1, -0.05) is 6.07 Å².